The van der Waals surface area contributed by atoms with Crippen molar-refractivity contribution >= 4 is 71.0 Å². The molecule has 1 aliphatic rings. The summed E-state index contributed by atoms with van der Waals surface area (Å²) in [7, 11) is 0. The van der Waals surface area contributed by atoms with E-state index in [9.17, 15) is 43.2 Å². The minimum Gasteiger partial charge on any atom is -0.356 e. The van der Waals surface area contributed by atoms with E-state index in [1.807, 2.05) is 17.9 Å². The van der Waals surface area contributed by atoms with E-state index in [1.165, 1.54) is 0 Å². The first-order valence-corrected chi connectivity index (χ1v) is 34.5. The molecule has 1 aliphatic heterocycles. The van der Waals surface area contributed by atoms with Crippen molar-refractivity contribution in [1.82, 2.24) is 62.4 Å². The highest BCUT2D eigenvalue weighted by Gasteiger charge is 2.26. The number of amides is 9. The molecule has 1 fully saturated rings. The molecule has 0 atom stereocenters. The van der Waals surface area contributed by atoms with E-state index in [4.69, 9.17) is 15.0 Å². The van der Waals surface area contributed by atoms with Gasteiger partial charge in [-0.3, -0.25) is 43.2 Å². The first-order valence-electron chi connectivity index (χ1n) is 34.5. The number of rotatable bonds is 50. The molecule has 0 spiro atoms. The van der Waals surface area contributed by atoms with Gasteiger partial charge in [0.1, 0.15) is 0 Å². The quantitative estimate of drug-likeness (QED) is 0.0231. The van der Waals surface area contributed by atoms with Gasteiger partial charge in [-0.15, -0.1) is 0 Å². The van der Waals surface area contributed by atoms with Gasteiger partial charge >= 0.3 is 0 Å². The normalized spacial score (nSPS) is 12.5. The molecule has 24 nitrogen and oxygen atoms in total. The third kappa shape index (κ3) is 44.5. The Morgan fingerprint density at radius 1 is 0.451 bits per heavy atom. The zero-order valence-corrected chi connectivity index (χ0v) is 57.6. The predicted octanol–water partition coefficient (Wildman–Crippen LogP) is 7.14. The van der Waals surface area contributed by atoms with E-state index in [1.54, 1.807) is 15.9 Å². The van der Waals surface area contributed by atoms with Crippen LogP contribution in [0.3, 0.4) is 0 Å². The van der Waals surface area contributed by atoms with E-state index in [-0.39, 0.29) is 128 Å². The molecule has 9 N–H and O–H groups in total. The molecule has 0 saturated carbocycles. The third-order valence-corrected chi connectivity index (χ3v) is 15.3. The summed E-state index contributed by atoms with van der Waals surface area (Å²) in [4.78, 5) is 135. The number of carbonyl (C=O) groups excluding carboxylic acids is 9. The van der Waals surface area contributed by atoms with Crippen LogP contribution in [-0.2, 0) is 43.2 Å². The summed E-state index contributed by atoms with van der Waals surface area (Å²) < 4.78 is 0. The van der Waals surface area contributed by atoms with E-state index >= 15 is 0 Å². The summed E-state index contributed by atoms with van der Waals surface area (Å²) >= 11 is 0. The van der Waals surface area contributed by atoms with Crippen molar-refractivity contribution in [3.05, 3.63) is 12.2 Å². The zero-order valence-electron chi connectivity index (χ0n) is 57.6. The molecule has 2 heterocycles. The Kier molecular flexibility index (Phi) is 42.6. The number of hydrogen-bond donors (Lipinski definition) is 9. The number of carbonyl (C=O) groups is 9. The number of nitrogens with one attached hydrogen (secondary N) is 9. The molecule has 0 unspecified atom stereocenters. The molecule has 0 bridgehead atoms. The van der Waals surface area contributed by atoms with Gasteiger partial charge in [0.15, 0.2) is 0 Å². The Morgan fingerprint density at radius 3 is 1.32 bits per heavy atom. The second-order valence-corrected chi connectivity index (χ2v) is 26.8. The molecule has 0 aromatic carbocycles. The Balaban J connectivity index is 2.16. The highest BCUT2D eigenvalue weighted by atomic mass is 16.2. The molecule has 24 heteroatoms. The molecule has 518 valence electrons. The second kappa shape index (κ2) is 48.2. The number of hydrogen-bond acceptors (Lipinski definition) is 15. The van der Waals surface area contributed by atoms with Gasteiger partial charge in [-0.05, 0) is 99.9 Å². The van der Waals surface area contributed by atoms with Gasteiger partial charge in [-0.2, -0.15) is 15.0 Å². The SMILES string of the molecule is CC/C=C/C(=O)NCCCCCCNC(=O)CCCC(=O)N1CCN(c2nc(NCCC(=O)NCCCNC(=O)CCCCC(C)(C)C)nc(N(CCC(=O)NCCCNC(=O)CCCCC(C)C)CCC(=O)NCCCNC(=O)CCCCC(C)(C)C)n2)CC1. The van der Waals surface area contributed by atoms with Crippen molar-refractivity contribution in [2.24, 2.45) is 16.7 Å². The van der Waals surface area contributed by atoms with Crippen molar-refractivity contribution in [2.45, 2.75) is 229 Å². The number of allylic oxidation sites excluding steroid dienone is 1. The lowest BCUT2D eigenvalue weighted by Crippen LogP contribution is -2.49. The Bertz CT molecular complexity index is 2320. The lowest BCUT2D eigenvalue weighted by Gasteiger charge is -2.35. The Labute approximate surface area is 545 Å². The molecule has 1 saturated heterocycles. The van der Waals surface area contributed by atoms with Gasteiger partial charge in [-0.25, -0.2) is 0 Å². The largest absolute Gasteiger partial charge is 0.356 e. The molecule has 0 radical (unpaired) electrons. The molecular formula is C67H121N15O9. The van der Waals surface area contributed by atoms with Gasteiger partial charge < -0.3 is 62.6 Å². The number of nitrogens with zero attached hydrogens (tertiary/aromatic N) is 6. The minimum absolute atomic E-state index is 0.00118. The fourth-order valence-electron chi connectivity index (χ4n) is 9.80. The number of unbranched alkanes of at least 4 members (excludes halogenated alkanes) is 6. The Hall–Kier alpha value is -6.62. The third-order valence-electron chi connectivity index (χ3n) is 15.3. The summed E-state index contributed by atoms with van der Waals surface area (Å²) in [5.41, 5.74) is 0.461. The molecule has 1 aromatic rings. The fourth-order valence-corrected chi connectivity index (χ4v) is 9.80. The van der Waals surface area contributed by atoms with Gasteiger partial charge in [-0.1, -0.05) is 107 Å². The molecular weight excluding hydrogens is 1160 g/mol. The fraction of sp³-hybridized carbons (Fsp3) is 0.791. The topological polar surface area (TPSA) is 310 Å². The van der Waals surface area contributed by atoms with Crippen LogP contribution < -0.4 is 57.7 Å². The van der Waals surface area contributed by atoms with Gasteiger partial charge in [0.25, 0.3) is 0 Å². The van der Waals surface area contributed by atoms with Crippen LogP contribution in [0.4, 0.5) is 17.8 Å². The number of anilines is 3. The molecule has 2 rings (SSSR count). The van der Waals surface area contributed by atoms with Gasteiger partial charge in [0.05, 0.1) is 0 Å². The van der Waals surface area contributed by atoms with Crippen LogP contribution in [0.5, 0.6) is 0 Å². The lowest BCUT2D eigenvalue weighted by atomic mass is 9.89. The zero-order chi connectivity index (χ0) is 67.1. The van der Waals surface area contributed by atoms with Crippen LogP contribution in [0.15, 0.2) is 12.2 Å². The van der Waals surface area contributed by atoms with Crippen LogP contribution in [0.1, 0.15) is 229 Å². The van der Waals surface area contributed by atoms with Crippen molar-refractivity contribution in [1.29, 1.82) is 0 Å². The van der Waals surface area contributed by atoms with Crippen LogP contribution in [-0.4, -0.2) is 171 Å². The first-order chi connectivity index (χ1) is 43.4. The summed E-state index contributed by atoms with van der Waals surface area (Å²) in [6, 6.07) is 0. The summed E-state index contributed by atoms with van der Waals surface area (Å²) in [6.45, 7) is 25.0. The van der Waals surface area contributed by atoms with E-state index in [2.05, 4.69) is 103 Å². The molecule has 0 aliphatic carbocycles. The lowest BCUT2D eigenvalue weighted by molar-refractivity contribution is -0.132. The maximum atomic E-state index is 13.4. The maximum absolute atomic E-state index is 13.4. The summed E-state index contributed by atoms with van der Waals surface area (Å²) in [6.07, 6.45) is 20.6. The molecule has 9 amide bonds. The maximum Gasteiger partial charge on any atom is 0.243 e. The standard InChI is InChI=1S/C67H121N15O9/c1-10-11-27-54(83)68-38-20-12-13-21-39-69-58(87)31-22-32-62(91)80-49-51-82(52-50-80)65-78-63(76-46-33-59(88)73-43-23-40-71-56(85)29-16-18-36-66(4,5)6)77-64(79-65)81(47-34-60(89)74-44-24-41-70-55(84)28-15-14-26-53(2)3)48-35-61(90)75-45-25-42-72-57(86)30-17-19-37-67(7,8)9/h11,27,53H,10,12-26,28-52H2,1-9H3,(H,68,83)(H,69,87)(H,70,84)(H,71,85)(H,72,86)(H,73,88)(H,74,89)(H,75,90)(H,76,77,78,79)/b27-11+. The van der Waals surface area contributed by atoms with Crippen molar-refractivity contribution in [3.8, 4) is 0 Å². The van der Waals surface area contributed by atoms with Crippen LogP contribution in [0, 0.1) is 16.7 Å². The van der Waals surface area contributed by atoms with E-state index in [0.717, 1.165) is 89.9 Å². The number of piperazine rings is 1. The van der Waals surface area contributed by atoms with Crippen molar-refractivity contribution < 1.29 is 43.2 Å². The van der Waals surface area contributed by atoms with Gasteiger partial charge in [0.2, 0.25) is 71.0 Å². The average Bonchev–Trinajstić information content (AvgIpc) is 0.898. The average molecular weight is 1280 g/mol. The smallest absolute Gasteiger partial charge is 0.243 e. The highest BCUT2D eigenvalue weighted by Crippen LogP contribution is 2.24. The van der Waals surface area contributed by atoms with Crippen LogP contribution in [0.2, 0.25) is 0 Å². The van der Waals surface area contributed by atoms with E-state index < -0.39 is 0 Å². The molecule has 91 heavy (non-hydrogen) atoms. The first kappa shape index (κ1) is 80.5. The van der Waals surface area contributed by atoms with Crippen molar-refractivity contribution in [3.63, 3.8) is 0 Å². The van der Waals surface area contributed by atoms with Crippen molar-refractivity contribution in [2.75, 3.05) is 113 Å². The van der Waals surface area contributed by atoms with E-state index in [0.29, 0.717) is 135 Å². The predicted molar refractivity (Wildman–Crippen MR) is 362 cm³/mol. The summed E-state index contributed by atoms with van der Waals surface area (Å²) in [5, 5.41) is 26.7. The van der Waals surface area contributed by atoms with Gasteiger partial charge in [0, 0.05) is 150 Å². The minimum atomic E-state index is -0.235. The molecule has 1 aromatic heterocycles. The van der Waals surface area contributed by atoms with Crippen LogP contribution >= 0.6 is 0 Å². The van der Waals surface area contributed by atoms with Crippen LogP contribution in [0.25, 0.3) is 0 Å². The Morgan fingerprint density at radius 2 is 0.868 bits per heavy atom. The summed E-state index contributed by atoms with van der Waals surface area (Å²) in [5.74, 6) is 0.380. The monoisotopic (exact) mass is 1280 g/mol. The highest BCUT2D eigenvalue weighted by molar-refractivity contribution is 5.87. The number of aromatic nitrogens is 3. The second-order valence-electron chi connectivity index (χ2n) is 26.8.